The lowest BCUT2D eigenvalue weighted by Gasteiger charge is -2.21. The number of nitrogens with two attached hydrogens (primary N) is 2. The predicted octanol–water partition coefficient (Wildman–Crippen LogP) is 0.278. The van der Waals surface area contributed by atoms with Gasteiger partial charge in [-0.15, -0.1) is 0 Å². The molecule has 7 heteroatoms. The van der Waals surface area contributed by atoms with Gasteiger partial charge in [0.05, 0.1) is 11.4 Å². The fraction of sp³-hybridized carbons (Fsp3) is 0.455. The Morgan fingerprint density at radius 2 is 2.00 bits per heavy atom. The summed E-state index contributed by atoms with van der Waals surface area (Å²) in [7, 11) is 0.151. The van der Waals surface area contributed by atoms with Crippen molar-refractivity contribution in [3.8, 4) is 0 Å². The van der Waals surface area contributed by atoms with Gasteiger partial charge >= 0.3 is 0 Å². The van der Waals surface area contributed by atoms with E-state index in [1.807, 2.05) is 25.9 Å². The van der Waals surface area contributed by atoms with Gasteiger partial charge in [0.2, 0.25) is 10.0 Å². The van der Waals surface area contributed by atoms with Crippen molar-refractivity contribution in [2.24, 2.45) is 5.14 Å². The third-order valence-electron chi connectivity index (χ3n) is 2.84. The monoisotopic (exact) mass is 272 g/mol. The maximum Gasteiger partial charge on any atom is 0.240 e. The first-order chi connectivity index (χ1) is 8.23. The molecule has 0 radical (unpaired) electrons. The number of rotatable bonds is 5. The molecular formula is C11H20N4O2S. The minimum absolute atomic E-state index is 0.0509. The summed E-state index contributed by atoms with van der Waals surface area (Å²) >= 11 is 0. The van der Waals surface area contributed by atoms with Crippen molar-refractivity contribution in [3.63, 3.8) is 0 Å². The van der Waals surface area contributed by atoms with Crippen LogP contribution in [0.4, 0.5) is 11.4 Å². The van der Waals surface area contributed by atoms with Crippen molar-refractivity contribution < 1.29 is 8.42 Å². The van der Waals surface area contributed by atoms with E-state index in [9.17, 15) is 8.42 Å². The summed E-state index contributed by atoms with van der Waals surface area (Å²) in [6.45, 7) is 2.71. The standard InChI is InChI=1S/C11H20N4O2S/c1-8(15(2)3)7-14-9-5-4-6-10(11(9)12)18(13,16)17/h4-6,8,14H,7,12H2,1-3H3,(H2,13,16,17). The average Bonchev–Trinajstić information content (AvgIpc) is 2.25. The summed E-state index contributed by atoms with van der Waals surface area (Å²) in [6, 6.07) is 5.03. The van der Waals surface area contributed by atoms with E-state index in [4.69, 9.17) is 10.9 Å². The van der Waals surface area contributed by atoms with Crippen LogP contribution >= 0.6 is 0 Å². The van der Waals surface area contributed by atoms with Crippen LogP contribution in [0, 0.1) is 0 Å². The van der Waals surface area contributed by atoms with Gasteiger partial charge in [0.25, 0.3) is 0 Å². The highest BCUT2D eigenvalue weighted by Gasteiger charge is 2.15. The maximum absolute atomic E-state index is 11.3. The topological polar surface area (TPSA) is 101 Å². The Bertz CT molecular complexity index is 514. The lowest BCUT2D eigenvalue weighted by Crippen LogP contribution is -2.31. The van der Waals surface area contributed by atoms with Gasteiger partial charge in [0.1, 0.15) is 4.90 Å². The van der Waals surface area contributed by atoms with E-state index in [0.717, 1.165) is 0 Å². The fourth-order valence-corrected chi connectivity index (χ4v) is 2.07. The number of hydrogen-bond donors (Lipinski definition) is 3. The van der Waals surface area contributed by atoms with E-state index < -0.39 is 10.0 Å². The van der Waals surface area contributed by atoms with Gasteiger partial charge in [-0.3, -0.25) is 0 Å². The van der Waals surface area contributed by atoms with Gasteiger partial charge in [-0.2, -0.15) is 0 Å². The molecule has 1 unspecified atom stereocenters. The fourth-order valence-electron chi connectivity index (χ4n) is 1.39. The second-order valence-electron chi connectivity index (χ2n) is 4.46. The first kappa shape index (κ1) is 14.7. The second-order valence-corrected chi connectivity index (χ2v) is 5.99. The summed E-state index contributed by atoms with van der Waals surface area (Å²) in [5, 5.41) is 8.21. The molecule has 0 amide bonds. The number of primary sulfonamides is 1. The molecule has 1 rings (SSSR count). The number of nitrogens with one attached hydrogen (secondary N) is 1. The molecule has 0 saturated carbocycles. The molecule has 1 aromatic carbocycles. The number of likely N-dealkylation sites (N-methyl/N-ethyl adjacent to an activating group) is 1. The number of nitrogens with zero attached hydrogens (tertiary/aromatic N) is 1. The van der Waals surface area contributed by atoms with Crippen LogP contribution in [-0.2, 0) is 10.0 Å². The molecule has 0 bridgehead atoms. The summed E-state index contributed by atoms with van der Waals surface area (Å²) in [5.41, 5.74) is 6.53. The molecule has 0 heterocycles. The van der Waals surface area contributed by atoms with Crippen LogP contribution in [0.2, 0.25) is 0 Å². The maximum atomic E-state index is 11.3. The third-order valence-corrected chi connectivity index (χ3v) is 3.81. The van der Waals surface area contributed by atoms with Gasteiger partial charge in [-0.25, -0.2) is 13.6 Å². The summed E-state index contributed by atoms with van der Waals surface area (Å²) in [5.74, 6) is 0. The molecule has 0 saturated heterocycles. The molecule has 0 spiro atoms. The molecule has 0 aliphatic carbocycles. The van der Waals surface area contributed by atoms with Crippen LogP contribution in [0.3, 0.4) is 0 Å². The smallest absolute Gasteiger partial charge is 0.240 e. The van der Waals surface area contributed by atoms with Gasteiger partial charge in [-0.1, -0.05) is 6.07 Å². The summed E-state index contributed by atoms with van der Waals surface area (Å²) < 4.78 is 22.6. The van der Waals surface area contributed by atoms with Gasteiger partial charge in [0.15, 0.2) is 0 Å². The Hall–Kier alpha value is -1.31. The highest BCUT2D eigenvalue weighted by Crippen LogP contribution is 2.25. The van der Waals surface area contributed by atoms with Crippen molar-refractivity contribution in [2.45, 2.75) is 17.9 Å². The highest BCUT2D eigenvalue weighted by molar-refractivity contribution is 7.89. The molecule has 0 aromatic heterocycles. The SMILES string of the molecule is CC(CNc1cccc(S(N)(=O)=O)c1N)N(C)C. The molecular weight excluding hydrogens is 252 g/mol. The van der Waals surface area contributed by atoms with Crippen LogP contribution in [0.5, 0.6) is 0 Å². The van der Waals surface area contributed by atoms with Crippen molar-refractivity contribution in [1.29, 1.82) is 0 Å². The Kier molecular flexibility index (Phi) is 4.55. The van der Waals surface area contributed by atoms with E-state index in [1.165, 1.54) is 6.07 Å². The second kappa shape index (κ2) is 5.55. The first-order valence-electron chi connectivity index (χ1n) is 5.55. The number of anilines is 2. The van der Waals surface area contributed by atoms with Crippen LogP contribution in [0.1, 0.15) is 6.92 Å². The van der Waals surface area contributed by atoms with E-state index in [0.29, 0.717) is 18.3 Å². The normalized spacial score (nSPS) is 13.6. The van der Waals surface area contributed by atoms with Crippen LogP contribution < -0.4 is 16.2 Å². The number of benzene rings is 1. The Morgan fingerprint density at radius 3 is 2.50 bits per heavy atom. The number of para-hydroxylation sites is 1. The zero-order valence-electron chi connectivity index (χ0n) is 10.8. The summed E-state index contributed by atoms with van der Waals surface area (Å²) in [4.78, 5) is 2.00. The van der Waals surface area contributed by atoms with Crippen LogP contribution in [-0.4, -0.2) is 40.0 Å². The van der Waals surface area contributed by atoms with Crippen LogP contribution in [0.15, 0.2) is 23.1 Å². The third kappa shape index (κ3) is 3.59. The number of nitrogen functional groups attached to an aromatic ring is 1. The quantitative estimate of drug-likeness (QED) is 0.668. The predicted molar refractivity (Wildman–Crippen MR) is 73.9 cm³/mol. The van der Waals surface area contributed by atoms with Crippen molar-refractivity contribution in [1.82, 2.24) is 4.90 Å². The summed E-state index contributed by atoms with van der Waals surface area (Å²) in [6.07, 6.45) is 0. The molecule has 5 N–H and O–H groups in total. The minimum Gasteiger partial charge on any atom is -0.396 e. The van der Waals surface area contributed by atoms with Gasteiger partial charge in [0, 0.05) is 12.6 Å². The number of hydrogen-bond acceptors (Lipinski definition) is 5. The zero-order valence-corrected chi connectivity index (χ0v) is 11.7. The minimum atomic E-state index is -3.79. The van der Waals surface area contributed by atoms with Gasteiger partial charge in [-0.05, 0) is 33.2 Å². The van der Waals surface area contributed by atoms with E-state index >= 15 is 0 Å². The largest absolute Gasteiger partial charge is 0.396 e. The zero-order chi connectivity index (χ0) is 13.9. The molecule has 1 atom stereocenters. The molecule has 6 nitrogen and oxygen atoms in total. The molecule has 0 aliphatic heterocycles. The van der Waals surface area contributed by atoms with Crippen molar-refractivity contribution in [3.05, 3.63) is 18.2 Å². The van der Waals surface area contributed by atoms with Crippen molar-refractivity contribution in [2.75, 3.05) is 31.7 Å². The van der Waals surface area contributed by atoms with E-state index in [2.05, 4.69) is 5.32 Å². The molecule has 102 valence electrons. The van der Waals surface area contributed by atoms with E-state index in [1.54, 1.807) is 12.1 Å². The van der Waals surface area contributed by atoms with E-state index in [-0.39, 0.29) is 10.6 Å². The molecule has 0 aliphatic rings. The molecule has 18 heavy (non-hydrogen) atoms. The lowest BCUT2D eigenvalue weighted by molar-refractivity contribution is 0.326. The lowest BCUT2D eigenvalue weighted by atomic mass is 10.2. The first-order valence-corrected chi connectivity index (χ1v) is 7.09. The van der Waals surface area contributed by atoms with Crippen LogP contribution in [0.25, 0.3) is 0 Å². The highest BCUT2D eigenvalue weighted by atomic mass is 32.2. The Morgan fingerprint density at radius 1 is 1.39 bits per heavy atom. The Labute approximate surface area is 108 Å². The molecule has 0 fully saturated rings. The Balaban J connectivity index is 2.92. The van der Waals surface area contributed by atoms with Gasteiger partial charge < -0.3 is 16.0 Å². The average molecular weight is 272 g/mol. The number of sulfonamides is 1. The van der Waals surface area contributed by atoms with Crippen molar-refractivity contribution >= 4 is 21.4 Å². The molecule has 1 aromatic rings.